The number of aliphatic hydroxyl groups excluding tert-OH is 1. The molecule has 2 aromatic carbocycles. The van der Waals surface area contributed by atoms with Crippen LogP contribution in [0, 0.1) is 6.92 Å². The lowest BCUT2D eigenvalue weighted by Gasteiger charge is -2.21. The van der Waals surface area contributed by atoms with E-state index in [2.05, 4.69) is 0 Å². The summed E-state index contributed by atoms with van der Waals surface area (Å²) in [6, 6.07) is 15.0. The highest BCUT2D eigenvalue weighted by molar-refractivity contribution is 5.32. The number of aryl methyl sites for hydroxylation is 1. The number of aromatic hydroxyl groups is 1. The Bertz CT molecular complexity index is 600. The highest BCUT2D eigenvalue weighted by atomic mass is 16.5. The Hall–Kier alpha value is -2.04. The summed E-state index contributed by atoms with van der Waals surface area (Å²) in [5.41, 5.74) is 1.90. The largest absolute Gasteiger partial charge is 0.508 e. The number of ether oxygens (including phenoxy) is 1. The fourth-order valence-electron chi connectivity index (χ4n) is 2.32. The molecule has 0 aliphatic heterocycles. The monoisotopic (exact) mass is 301 g/mol. The molecule has 2 aromatic rings. The number of likely N-dealkylation sites (N-methyl/N-ethyl adjacent to an activating group) is 1. The smallest absolute Gasteiger partial charge is 0.122 e. The van der Waals surface area contributed by atoms with Crippen LogP contribution in [0.3, 0.4) is 0 Å². The SMILES string of the molecule is Cc1ccccc1OCC(O)CN(C)Cc1ccccc1O. The van der Waals surface area contributed by atoms with Crippen LogP contribution in [-0.4, -0.2) is 41.4 Å². The first-order valence-corrected chi connectivity index (χ1v) is 7.38. The zero-order valence-electron chi connectivity index (χ0n) is 13.1. The molecule has 0 fully saturated rings. The highest BCUT2D eigenvalue weighted by Gasteiger charge is 2.11. The maximum absolute atomic E-state index is 10.1. The Morgan fingerprint density at radius 2 is 1.77 bits per heavy atom. The van der Waals surface area contributed by atoms with E-state index in [-0.39, 0.29) is 12.4 Å². The summed E-state index contributed by atoms with van der Waals surface area (Å²) in [6.07, 6.45) is -0.588. The molecule has 0 aliphatic rings. The summed E-state index contributed by atoms with van der Waals surface area (Å²) in [7, 11) is 1.91. The van der Waals surface area contributed by atoms with Gasteiger partial charge in [-0.1, -0.05) is 36.4 Å². The van der Waals surface area contributed by atoms with Crippen molar-refractivity contribution in [3.63, 3.8) is 0 Å². The van der Waals surface area contributed by atoms with Crippen LogP contribution in [0.4, 0.5) is 0 Å². The summed E-state index contributed by atoms with van der Waals surface area (Å²) < 4.78 is 5.65. The summed E-state index contributed by atoms with van der Waals surface area (Å²) in [5.74, 6) is 1.07. The molecule has 2 rings (SSSR count). The van der Waals surface area contributed by atoms with Crippen LogP contribution in [0.25, 0.3) is 0 Å². The van der Waals surface area contributed by atoms with Gasteiger partial charge in [-0.05, 0) is 31.7 Å². The minimum atomic E-state index is -0.588. The predicted octanol–water partition coefficient (Wildman–Crippen LogP) is 2.57. The first-order valence-electron chi connectivity index (χ1n) is 7.38. The lowest BCUT2D eigenvalue weighted by atomic mass is 10.2. The molecule has 0 heterocycles. The van der Waals surface area contributed by atoms with Crippen LogP contribution >= 0.6 is 0 Å². The van der Waals surface area contributed by atoms with Gasteiger partial charge in [0.05, 0.1) is 0 Å². The van der Waals surface area contributed by atoms with E-state index in [4.69, 9.17) is 4.74 Å². The Morgan fingerprint density at radius 1 is 1.09 bits per heavy atom. The molecule has 4 heteroatoms. The summed E-state index contributed by atoms with van der Waals surface area (Å²) >= 11 is 0. The number of nitrogens with zero attached hydrogens (tertiary/aromatic N) is 1. The van der Waals surface area contributed by atoms with Gasteiger partial charge in [-0.25, -0.2) is 0 Å². The Kier molecular flexibility index (Phi) is 5.81. The third-order valence-corrected chi connectivity index (χ3v) is 3.48. The van der Waals surface area contributed by atoms with Crippen molar-refractivity contribution in [1.29, 1.82) is 0 Å². The predicted molar refractivity (Wildman–Crippen MR) is 87.1 cm³/mol. The van der Waals surface area contributed by atoms with Gasteiger partial charge in [0.2, 0.25) is 0 Å². The fourth-order valence-corrected chi connectivity index (χ4v) is 2.32. The molecule has 4 nitrogen and oxygen atoms in total. The lowest BCUT2D eigenvalue weighted by Crippen LogP contribution is -2.32. The minimum Gasteiger partial charge on any atom is -0.508 e. The average molecular weight is 301 g/mol. The van der Waals surface area contributed by atoms with Gasteiger partial charge in [-0.2, -0.15) is 0 Å². The number of hydrogen-bond donors (Lipinski definition) is 2. The molecule has 0 aliphatic carbocycles. The molecule has 118 valence electrons. The number of para-hydroxylation sites is 2. The van der Waals surface area contributed by atoms with E-state index in [9.17, 15) is 10.2 Å². The normalized spacial score (nSPS) is 12.4. The second kappa shape index (κ2) is 7.82. The second-order valence-corrected chi connectivity index (χ2v) is 5.56. The summed E-state index contributed by atoms with van der Waals surface area (Å²) in [5, 5.41) is 19.9. The first kappa shape index (κ1) is 16.3. The number of phenols is 1. The molecule has 0 spiro atoms. The van der Waals surface area contributed by atoms with E-state index in [0.717, 1.165) is 16.9 Å². The van der Waals surface area contributed by atoms with Crippen molar-refractivity contribution in [2.75, 3.05) is 20.2 Å². The maximum atomic E-state index is 10.1. The van der Waals surface area contributed by atoms with Gasteiger partial charge in [-0.3, -0.25) is 4.90 Å². The van der Waals surface area contributed by atoms with Crippen LogP contribution in [0.1, 0.15) is 11.1 Å². The summed E-state index contributed by atoms with van der Waals surface area (Å²) in [6.45, 7) is 3.27. The Labute approximate surface area is 131 Å². The number of rotatable bonds is 7. The topological polar surface area (TPSA) is 52.9 Å². The van der Waals surface area contributed by atoms with Crippen LogP contribution in [-0.2, 0) is 6.54 Å². The summed E-state index contributed by atoms with van der Waals surface area (Å²) in [4.78, 5) is 1.96. The van der Waals surface area contributed by atoms with E-state index in [1.807, 2.05) is 55.3 Å². The number of aliphatic hydroxyl groups is 1. The average Bonchev–Trinajstić information content (AvgIpc) is 2.49. The van der Waals surface area contributed by atoms with E-state index in [0.29, 0.717) is 13.1 Å². The van der Waals surface area contributed by atoms with E-state index in [1.165, 1.54) is 0 Å². The third kappa shape index (κ3) is 4.76. The maximum Gasteiger partial charge on any atom is 0.122 e. The van der Waals surface area contributed by atoms with Gasteiger partial charge >= 0.3 is 0 Å². The molecule has 0 radical (unpaired) electrons. The van der Waals surface area contributed by atoms with E-state index in [1.54, 1.807) is 12.1 Å². The fraction of sp³-hybridized carbons (Fsp3) is 0.333. The van der Waals surface area contributed by atoms with Crippen LogP contribution < -0.4 is 4.74 Å². The minimum absolute atomic E-state index is 0.246. The molecular weight excluding hydrogens is 278 g/mol. The van der Waals surface area contributed by atoms with Crippen molar-refractivity contribution >= 4 is 0 Å². The van der Waals surface area contributed by atoms with Crippen molar-refractivity contribution in [1.82, 2.24) is 4.90 Å². The van der Waals surface area contributed by atoms with E-state index >= 15 is 0 Å². The van der Waals surface area contributed by atoms with Crippen molar-refractivity contribution in [2.45, 2.75) is 19.6 Å². The lowest BCUT2D eigenvalue weighted by molar-refractivity contribution is 0.0739. The molecule has 1 unspecified atom stereocenters. The van der Waals surface area contributed by atoms with Gasteiger partial charge in [0.1, 0.15) is 24.2 Å². The zero-order valence-corrected chi connectivity index (χ0v) is 13.1. The standard InChI is InChI=1S/C18H23NO3/c1-14-7-3-6-10-18(14)22-13-16(20)12-19(2)11-15-8-4-5-9-17(15)21/h3-10,16,20-21H,11-13H2,1-2H3. The van der Waals surface area contributed by atoms with Gasteiger partial charge in [0.25, 0.3) is 0 Å². The molecule has 0 saturated heterocycles. The first-order chi connectivity index (χ1) is 10.6. The number of benzene rings is 2. The van der Waals surface area contributed by atoms with Crippen molar-refractivity contribution < 1.29 is 14.9 Å². The molecule has 0 amide bonds. The molecule has 0 saturated carbocycles. The van der Waals surface area contributed by atoms with Crippen LogP contribution in [0.2, 0.25) is 0 Å². The van der Waals surface area contributed by atoms with Gasteiger partial charge in [0, 0.05) is 18.7 Å². The van der Waals surface area contributed by atoms with Gasteiger partial charge in [0.15, 0.2) is 0 Å². The molecular formula is C18H23NO3. The molecule has 0 bridgehead atoms. The van der Waals surface area contributed by atoms with E-state index < -0.39 is 6.10 Å². The van der Waals surface area contributed by atoms with Gasteiger partial charge in [-0.15, -0.1) is 0 Å². The highest BCUT2D eigenvalue weighted by Crippen LogP contribution is 2.18. The molecule has 22 heavy (non-hydrogen) atoms. The molecule has 2 N–H and O–H groups in total. The molecule has 1 atom stereocenters. The number of phenolic OH excluding ortho intramolecular Hbond substituents is 1. The Morgan fingerprint density at radius 3 is 2.50 bits per heavy atom. The van der Waals surface area contributed by atoms with Gasteiger partial charge < -0.3 is 14.9 Å². The van der Waals surface area contributed by atoms with Crippen LogP contribution in [0.5, 0.6) is 11.5 Å². The third-order valence-electron chi connectivity index (χ3n) is 3.48. The molecule has 0 aromatic heterocycles. The quantitative estimate of drug-likeness (QED) is 0.825. The number of hydrogen-bond acceptors (Lipinski definition) is 4. The van der Waals surface area contributed by atoms with Crippen molar-refractivity contribution in [2.24, 2.45) is 0 Å². The second-order valence-electron chi connectivity index (χ2n) is 5.56. The van der Waals surface area contributed by atoms with Crippen molar-refractivity contribution in [3.05, 3.63) is 59.7 Å². The zero-order chi connectivity index (χ0) is 15.9. The van der Waals surface area contributed by atoms with Crippen molar-refractivity contribution in [3.8, 4) is 11.5 Å². The Balaban J connectivity index is 1.80. The van der Waals surface area contributed by atoms with Crippen LogP contribution in [0.15, 0.2) is 48.5 Å².